The van der Waals surface area contributed by atoms with Crippen LogP contribution in [0.25, 0.3) is 0 Å². The third-order valence-electron chi connectivity index (χ3n) is 4.02. The SMILES string of the molecule is CCn1nc(C)c(NC(=O)[C@H](C)n2nc(C(F)(F)F)c(Cl)c2C)c1C. The molecular weight excluding hydrogens is 359 g/mol. The van der Waals surface area contributed by atoms with E-state index in [0.717, 1.165) is 10.4 Å². The lowest BCUT2D eigenvalue weighted by molar-refractivity contribution is -0.141. The van der Waals surface area contributed by atoms with Crippen molar-refractivity contribution < 1.29 is 18.0 Å². The first-order valence-electron chi connectivity index (χ1n) is 7.65. The smallest absolute Gasteiger partial charge is 0.321 e. The second-order valence-corrected chi connectivity index (χ2v) is 6.10. The van der Waals surface area contributed by atoms with E-state index in [2.05, 4.69) is 15.5 Å². The van der Waals surface area contributed by atoms with Gasteiger partial charge in [0, 0.05) is 6.54 Å². The maximum atomic E-state index is 12.9. The number of halogens is 4. The Morgan fingerprint density at radius 1 is 1.24 bits per heavy atom. The van der Waals surface area contributed by atoms with Gasteiger partial charge in [-0.15, -0.1) is 0 Å². The summed E-state index contributed by atoms with van der Waals surface area (Å²) in [4.78, 5) is 12.5. The number of aryl methyl sites for hydroxylation is 2. The lowest BCUT2D eigenvalue weighted by Crippen LogP contribution is -2.26. The Bertz CT molecular complexity index is 809. The van der Waals surface area contributed by atoms with Crippen LogP contribution < -0.4 is 5.32 Å². The molecule has 0 spiro atoms. The largest absolute Gasteiger partial charge is 0.436 e. The monoisotopic (exact) mass is 377 g/mol. The molecule has 0 bridgehead atoms. The van der Waals surface area contributed by atoms with Crippen LogP contribution >= 0.6 is 11.6 Å². The number of alkyl halides is 3. The summed E-state index contributed by atoms with van der Waals surface area (Å²) in [5.74, 6) is -0.502. The second-order valence-electron chi connectivity index (χ2n) is 5.72. The zero-order chi connectivity index (χ0) is 19.1. The summed E-state index contributed by atoms with van der Waals surface area (Å²) in [6.07, 6.45) is -4.68. The molecule has 2 aromatic rings. The molecule has 1 atom stereocenters. The van der Waals surface area contributed by atoms with Crippen LogP contribution in [-0.2, 0) is 17.5 Å². The van der Waals surface area contributed by atoms with E-state index < -0.39 is 28.8 Å². The average molecular weight is 378 g/mol. The normalized spacial score (nSPS) is 13.2. The molecular formula is C15H19ClF3N5O. The molecule has 1 amide bonds. The highest BCUT2D eigenvalue weighted by Crippen LogP contribution is 2.36. The van der Waals surface area contributed by atoms with Gasteiger partial charge in [-0.2, -0.15) is 23.4 Å². The van der Waals surface area contributed by atoms with Gasteiger partial charge in [0.2, 0.25) is 5.91 Å². The fraction of sp³-hybridized carbons (Fsp3) is 0.533. The highest BCUT2D eigenvalue weighted by molar-refractivity contribution is 6.32. The van der Waals surface area contributed by atoms with Crippen molar-refractivity contribution >= 4 is 23.2 Å². The van der Waals surface area contributed by atoms with Crippen molar-refractivity contribution in [1.29, 1.82) is 0 Å². The van der Waals surface area contributed by atoms with E-state index in [1.807, 2.05) is 13.8 Å². The van der Waals surface area contributed by atoms with Gasteiger partial charge in [0.1, 0.15) is 6.04 Å². The number of nitrogens with one attached hydrogen (secondary N) is 1. The summed E-state index contributed by atoms with van der Waals surface area (Å²) in [6, 6.07) is -0.975. The van der Waals surface area contributed by atoms with Crippen molar-refractivity contribution in [1.82, 2.24) is 19.6 Å². The summed E-state index contributed by atoms with van der Waals surface area (Å²) >= 11 is 5.73. The third-order valence-corrected chi connectivity index (χ3v) is 4.47. The molecule has 1 N–H and O–H groups in total. The molecule has 2 aromatic heterocycles. The minimum Gasteiger partial charge on any atom is -0.321 e. The van der Waals surface area contributed by atoms with Gasteiger partial charge in [-0.25, -0.2) is 0 Å². The van der Waals surface area contributed by atoms with Crippen molar-refractivity contribution in [2.24, 2.45) is 0 Å². The number of hydrogen-bond donors (Lipinski definition) is 1. The van der Waals surface area contributed by atoms with Crippen molar-refractivity contribution in [3.8, 4) is 0 Å². The minimum atomic E-state index is -4.68. The van der Waals surface area contributed by atoms with Crippen LogP contribution in [0.4, 0.5) is 18.9 Å². The van der Waals surface area contributed by atoms with Crippen LogP contribution in [0, 0.1) is 20.8 Å². The number of carbonyl (C=O) groups is 1. The van der Waals surface area contributed by atoms with Gasteiger partial charge in [0.15, 0.2) is 5.69 Å². The van der Waals surface area contributed by atoms with Gasteiger partial charge in [0.05, 0.1) is 27.8 Å². The van der Waals surface area contributed by atoms with E-state index in [0.29, 0.717) is 17.9 Å². The molecule has 0 saturated heterocycles. The van der Waals surface area contributed by atoms with Crippen LogP contribution in [-0.4, -0.2) is 25.5 Å². The first-order valence-corrected chi connectivity index (χ1v) is 8.03. The van der Waals surface area contributed by atoms with E-state index in [4.69, 9.17) is 11.6 Å². The summed E-state index contributed by atoms with van der Waals surface area (Å²) in [5, 5.41) is 10.00. The van der Waals surface area contributed by atoms with Crippen molar-refractivity contribution in [2.45, 2.75) is 53.4 Å². The molecule has 2 rings (SSSR count). The first-order chi connectivity index (χ1) is 11.5. The average Bonchev–Trinajstić information content (AvgIpc) is 2.97. The Hall–Kier alpha value is -2.03. The number of nitrogens with zero attached hydrogens (tertiary/aromatic N) is 4. The number of aromatic nitrogens is 4. The summed E-state index contributed by atoms with van der Waals surface area (Å²) < 4.78 is 41.5. The summed E-state index contributed by atoms with van der Waals surface area (Å²) in [5.41, 5.74) is 0.829. The highest BCUT2D eigenvalue weighted by atomic mass is 35.5. The fourth-order valence-corrected chi connectivity index (χ4v) is 2.81. The zero-order valence-corrected chi connectivity index (χ0v) is 15.2. The molecule has 10 heteroatoms. The van der Waals surface area contributed by atoms with E-state index >= 15 is 0 Å². The van der Waals surface area contributed by atoms with Gasteiger partial charge in [-0.05, 0) is 34.6 Å². The molecule has 0 fully saturated rings. The molecule has 2 heterocycles. The Labute approximate surface area is 147 Å². The Balaban J connectivity index is 2.31. The van der Waals surface area contributed by atoms with Crippen LogP contribution in [0.2, 0.25) is 5.02 Å². The predicted molar refractivity (Wildman–Crippen MR) is 87.7 cm³/mol. The van der Waals surface area contributed by atoms with E-state index in [1.165, 1.54) is 13.8 Å². The number of anilines is 1. The van der Waals surface area contributed by atoms with Crippen molar-refractivity contribution in [2.75, 3.05) is 5.32 Å². The van der Waals surface area contributed by atoms with Crippen LogP contribution in [0.5, 0.6) is 0 Å². The summed E-state index contributed by atoms with van der Waals surface area (Å²) in [6.45, 7) is 8.96. The Kier molecular flexibility index (Phi) is 5.17. The standard InChI is InChI=1S/C15H19ClF3N5O/c1-6-23-9(4)12(7(2)21-23)20-14(25)10(5)24-8(3)11(16)13(22-24)15(17,18)19/h10H,6H2,1-5H3,(H,20,25)/t10-/m0/s1. The molecule has 0 radical (unpaired) electrons. The maximum absolute atomic E-state index is 12.9. The number of hydrogen-bond acceptors (Lipinski definition) is 3. The predicted octanol–water partition coefficient (Wildman–Crippen LogP) is 3.90. The zero-order valence-electron chi connectivity index (χ0n) is 14.5. The minimum absolute atomic E-state index is 0.0781. The van der Waals surface area contributed by atoms with Gasteiger partial charge in [-0.3, -0.25) is 14.2 Å². The molecule has 0 saturated carbocycles. The third kappa shape index (κ3) is 3.51. The molecule has 0 unspecified atom stereocenters. The van der Waals surface area contributed by atoms with Crippen LogP contribution in [0.1, 0.15) is 42.7 Å². The maximum Gasteiger partial charge on any atom is 0.436 e. The van der Waals surface area contributed by atoms with E-state index in [9.17, 15) is 18.0 Å². The Morgan fingerprint density at radius 2 is 1.84 bits per heavy atom. The molecule has 25 heavy (non-hydrogen) atoms. The van der Waals surface area contributed by atoms with Crippen LogP contribution in [0.3, 0.4) is 0 Å². The van der Waals surface area contributed by atoms with Crippen LogP contribution in [0.15, 0.2) is 0 Å². The highest BCUT2D eigenvalue weighted by Gasteiger charge is 2.39. The lowest BCUT2D eigenvalue weighted by Gasteiger charge is -2.15. The molecule has 0 aliphatic carbocycles. The van der Waals surface area contributed by atoms with Gasteiger partial charge < -0.3 is 5.32 Å². The van der Waals surface area contributed by atoms with Gasteiger partial charge >= 0.3 is 6.18 Å². The second kappa shape index (κ2) is 6.70. The summed E-state index contributed by atoms with van der Waals surface area (Å²) in [7, 11) is 0. The van der Waals surface area contributed by atoms with Crippen molar-refractivity contribution in [3.63, 3.8) is 0 Å². The number of carbonyl (C=O) groups excluding carboxylic acids is 1. The molecule has 0 aliphatic heterocycles. The van der Waals surface area contributed by atoms with E-state index in [1.54, 1.807) is 11.6 Å². The lowest BCUT2D eigenvalue weighted by atomic mass is 10.2. The fourth-order valence-electron chi connectivity index (χ4n) is 2.58. The molecule has 0 aliphatic rings. The quantitative estimate of drug-likeness (QED) is 0.878. The molecule has 0 aromatic carbocycles. The van der Waals surface area contributed by atoms with Gasteiger partial charge in [0.25, 0.3) is 0 Å². The first kappa shape index (κ1) is 19.3. The van der Waals surface area contributed by atoms with Crippen molar-refractivity contribution in [3.05, 3.63) is 27.8 Å². The van der Waals surface area contributed by atoms with Gasteiger partial charge in [-0.1, -0.05) is 11.6 Å². The number of rotatable bonds is 4. The van der Waals surface area contributed by atoms with E-state index in [-0.39, 0.29) is 5.69 Å². The Morgan fingerprint density at radius 3 is 2.28 bits per heavy atom. The topological polar surface area (TPSA) is 64.7 Å². The molecule has 6 nitrogen and oxygen atoms in total. The molecule has 138 valence electrons. The number of amides is 1.